The van der Waals surface area contributed by atoms with E-state index in [0.717, 1.165) is 12.1 Å². The maximum atomic E-state index is 12.3. The third-order valence-corrected chi connectivity index (χ3v) is 4.84. The highest BCUT2D eigenvalue weighted by Crippen LogP contribution is 2.37. The topological polar surface area (TPSA) is 64.8 Å². The van der Waals surface area contributed by atoms with E-state index in [1.54, 1.807) is 31.4 Å². The number of ether oxygens (including phenoxy) is 2. The summed E-state index contributed by atoms with van der Waals surface area (Å²) < 4.78 is 13.2. The van der Waals surface area contributed by atoms with Crippen molar-refractivity contribution in [3.05, 3.63) is 77.1 Å². The Morgan fingerprint density at radius 1 is 1.23 bits per heavy atom. The van der Waals surface area contributed by atoms with Crippen molar-refractivity contribution in [3.63, 3.8) is 0 Å². The lowest BCUT2D eigenvalue weighted by Gasteiger charge is -2.17. The van der Waals surface area contributed by atoms with Crippen molar-refractivity contribution in [1.82, 2.24) is 9.99 Å². The predicted molar refractivity (Wildman–Crippen MR) is 119 cm³/mol. The molecular weight excluding hydrogens is 402 g/mol. The molecule has 1 heterocycles. The number of halogens is 1. The summed E-state index contributed by atoms with van der Waals surface area (Å²) in [6.07, 6.45) is 6.25. The molecule has 6 nitrogen and oxygen atoms in total. The van der Waals surface area contributed by atoms with E-state index in [9.17, 15) is 4.79 Å². The van der Waals surface area contributed by atoms with Crippen molar-refractivity contribution in [2.75, 3.05) is 7.11 Å². The Balaban J connectivity index is 1.67. The van der Waals surface area contributed by atoms with E-state index in [-0.39, 0.29) is 12.0 Å². The molecule has 0 saturated heterocycles. The van der Waals surface area contributed by atoms with E-state index in [1.807, 2.05) is 55.1 Å². The van der Waals surface area contributed by atoms with Gasteiger partial charge in [0.2, 0.25) is 0 Å². The molecule has 0 aliphatic carbocycles. The SMILES string of the molecule is CCC(C)Oc1c(Cl)cc(C=NNC(=O)c2ccc(-n3cccc3)cc2)cc1OC. The second kappa shape index (κ2) is 9.98. The van der Waals surface area contributed by atoms with Gasteiger partial charge in [0.05, 0.1) is 24.5 Å². The molecule has 1 aromatic heterocycles. The number of benzene rings is 2. The normalized spacial score (nSPS) is 12.0. The van der Waals surface area contributed by atoms with Gasteiger partial charge in [0.1, 0.15) is 0 Å². The Morgan fingerprint density at radius 2 is 1.93 bits per heavy atom. The summed E-state index contributed by atoms with van der Waals surface area (Å²) in [5.41, 5.74) is 4.68. The van der Waals surface area contributed by atoms with Crippen LogP contribution in [0.2, 0.25) is 5.02 Å². The summed E-state index contributed by atoms with van der Waals surface area (Å²) in [6, 6.07) is 14.6. The van der Waals surface area contributed by atoms with E-state index < -0.39 is 0 Å². The smallest absolute Gasteiger partial charge is 0.271 e. The van der Waals surface area contributed by atoms with Gasteiger partial charge in [-0.15, -0.1) is 0 Å². The zero-order valence-electron chi connectivity index (χ0n) is 17.1. The Hall–Kier alpha value is -3.25. The molecule has 0 spiro atoms. The molecule has 0 aliphatic heterocycles. The van der Waals surface area contributed by atoms with Gasteiger partial charge in [0.15, 0.2) is 11.5 Å². The van der Waals surface area contributed by atoms with Crippen molar-refractivity contribution in [3.8, 4) is 17.2 Å². The van der Waals surface area contributed by atoms with Crippen LogP contribution in [0.25, 0.3) is 5.69 Å². The van der Waals surface area contributed by atoms with Gasteiger partial charge in [0, 0.05) is 23.6 Å². The van der Waals surface area contributed by atoms with Gasteiger partial charge in [-0.2, -0.15) is 5.10 Å². The number of carbonyl (C=O) groups is 1. The fourth-order valence-electron chi connectivity index (χ4n) is 2.73. The van der Waals surface area contributed by atoms with Gasteiger partial charge < -0.3 is 14.0 Å². The molecule has 30 heavy (non-hydrogen) atoms. The number of carbonyl (C=O) groups excluding carboxylic acids is 1. The monoisotopic (exact) mass is 425 g/mol. The number of hydrogen-bond donors (Lipinski definition) is 1. The fraction of sp³-hybridized carbons (Fsp3) is 0.217. The molecule has 0 saturated carbocycles. The Labute approximate surface area is 181 Å². The lowest BCUT2D eigenvalue weighted by Crippen LogP contribution is -2.17. The molecule has 1 N–H and O–H groups in total. The summed E-state index contributed by atoms with van der Waals surface area (Å²) in [4.78, 5) is 12.3. The molecule has 1 amide bonds. The molecule has 156 valence electrons. The van der Waals surface area contributed by atoms with Gasteiger partial charge in [-0.05, 0) is 67.4 Å². The molecule has 3 rings (SSSR count). The number of hydrogen-bond acceptors (Lipinski definition) is 4. The van der Waals surface area contributed by atoms with E-state index in [1.165, 1.54) is 6.21 Å². The summed E-state index contributed by atoms with van der Waals surface area (Å²) in [5.74, 6) is 0.703. The number of rotatable bonds is 8. The minimum absolute atomic E-state index is 0.0131. The van der Waals surface area contributed by atoms with Crippen molar-refractivity contribution >= 4 is 23.7 Å². The summed E-state index contributed by atoms with van der Waals surface area (Å²) in [5, 5.41) is 4.45. The summed E-state index contributed by atoms with van der Waals surface area (Å²) in [6.45, 7) is 3.99. The average molecular weight is 426 g/mol. The maximum Gasteiger partial charge on any atom is 0.271 e. The molecule has 7 heteroatoms. The number of nitrogens with one attached hydrogen (secondary N) is 1. The molecule has 2 aromatic carbocycles. The van der Waals surface area contributed by atoms with Gasteiger partial charge in [0.25, 0.3) is 5.91 Å². The Morgan fingerprint density at radius 3 is 2.57 bits per heavy atom. The highest BCUT2D eigenvalue weighted by Gasteiger charge is 2.14. The first-order valence-corrected chi connectivity index (χ1v) is 10.0. The van der Waals surface area contributed by atoms with Crippen molar-refractivity contribution in [1.29, 1.82) is 0 Å². The van der Waals surface area contributed by atoms with Crippen LogP contribution < -0.4 is 14.9 Å². The standard InChI is InChI=1S/C23H24ClN3O3/c1-4-16(2)30-22-20(24)13-17(14-21(22)29-3)15-25-26-23(28)18-7-9-19(10-8-18)27-11-5-6-12-27/h5-16H,4H2,1-3H3,(H,26,28). The molecule has 1 atom stereocenters. The van der Waals surface area contributed by atoms with Crippen molar-refractivity contribution in [2.24, 2.45) is 5.10 Å². The second-order valence-corrected chi connectivity index (χ2v) is 7.11. The second-order valence-electron chi connectivity index (χ2n) is 6.71. The van der Waals surface area contributed by atoms with Crippen LogP contribution in [0.5, 0.6) is 11.5 Å². The average Bonchev–Trinajstić information content (AvgIpc) is 3.30. The first-order chi connectivity index (χ1) is 14.5. The van der Waals surface area contributed by atoms with Gasteiger partial charge in [-0.25, -0.2) is 5.43 Å². The molecular formula is C23H24ClN3O3. The van der Waals surface area contributed by atoms with Crippen LogP contribution in [0.4, 0.5) is 0 Å². The van der Waals surface area contributed by atoms with Crippen LogP contribution in [0.3, 0.4) is 0 Å². The zero-order valence-corrected chi connectivity index (χ0v) is 17.9. The minimum Gasteiger partial charge on any atom is -0.493 e. The quantitative estimate of drug-likeness (QED) is 0.404. The van der Waals surface area contributed by atoms with Crippen LogP contribution in [0, 0.1) is 0 Å². The number of methoxy groups -OCH3 is 1. The first kappa shape index (κ1) is 21.5. The number of nitrogens with zero attached hydrogens (tertiary/aromatic N) is 2. The lowest BCUT2D eigenvalue weighted by atomic mass is 10.2. The predicted octanol–water partition coefficient (Wildman–Crippen LogP) is 5.08. The summed E-state index contributed by atoms with van der Waals surface area (Å²) >= 11 is 6.35. The van der Waals surface area contributed by atoms with Crippen LogP contribution >= 0.6 is 11.6 Å². The Kier molecular flexibility index (Phi) is 7.14. The van der Waals surface area contributed by atoms with Crippen molar-refractivity contribution < 1.29 is 14.3 Å². The first-order valence-electron chi connectivity index (χ1n) is 9.62. The van der Waals surface area contributed by atoms with Crippen molar-refractivity contribution in [2.45, 2.75) is 26.4 Å². The Bertz CT molecular complexity index is 1010. The molecule has 0 fully saturated rings. The third-order valence-electron chi connectivity index (χ3n) is 4.56. The molecule has 0 aliphatic rings. The molecule has 0 bridgehead atoms. The van der Waals surface area contributed by atoms with Crippen LogP contribution in [-0.4, -0.2) is 29.9 Å². The highest BCUT2D eigenvalue weighted by atomic mass is 35.5. The van der Waals surface area contributed by atoms with E-state index >= 15 is 0 Å². The van der Waals surface area contributed by atoms with Gasteiger partial charge in [-0.3, -0.25) is 4.79 Å². The van der Waals surface area contributed by atoms with Crippen LogP contribution in [-0.2, 0) is 0 Å². The maximum absolute atomic E-state index is 12.3. The van der Waals surface area contributed by atoms with E-state index in [4.69, 9.17) is 21.1 Å². The van der Waals surface area contributed by atoms with E-state index in [2.05, 4.69) is 10.5 Å². The van der Waals surface area contributed by atoms with Crippen LogP contribution in [0.1, 0.15) is 36.2 Å². The number of hydrazone groups is 1. The van der Waals surface area contributed by atoms with Gasteiger partial charge >= 0.3 is 0 Å². The molecule has 1 unspecified atom stereocenters. The van der Waals surface area contributed by atoms with E-state index in [0.29, 0.717) is 27.6 Å². The highest BCUT2D eigenvalue weighted by molar-refractivity contribution is 6.32. The lowest BCUT2D eigenvalue weighted by molar-refractivity contribution is 0.0955. The van der Waals surface area contributed by atoms with Crippen LogP contribution in [0.15, 0.2) is 66.0 Å². The largest absolute Gasteiger partial charge is 0.493 e. The summed E-state index contributed by atoms with van der Waals surface area (Å²) in [7, 11) is 1.55. The molecule has 0 radical (unpaired) electrons. The number of amides is 1. The third kappa shape index (κ3) is 5.21. The van der Waals surface area contributed by atoms with Gasteiger partial charge in [-0.1, -0.05) is 18.5 Å². The number of aromatic nitrogens is 1. The minimum atomic E-state index is -0.305. The zero-order chi connectivity index (χ0) is 21.5. The fourth-order valence-corrected chi connectivity index (χ4v) is 3.00. The molecule has 3 aromatic rings.